The van der Waals surface area contributed by atoms with Crippen LogP contribution in [0.4, 0.5) is 14.6 Å². The number of anilines is 1. The molecule has 102 valence electrons. The molecule has 0 saturated heterocycles. The Hall–Kier alpha value is -2.18. The zero-order valence-corrected chi connectivity index (χ0v) is 10.6. The smallest absolute Gasteiger partial charge is 0.259 e. The zero-order chi connectivity index (χ0) is 13.8. The SMILES string of the molecule is CCCNc1nc(Oc2cc(C)[nH]n2)c(F)cc1F. The van der Waals surface area contributed by atoms with E-state index in [1.54, 1.807) is 13.0 Å². The summed E-state index contributed by atoms with van der Waals surface area (Å²) in [5.74, 6) is -1.80. The van der Waals surface area contributed by atoms with Crippen molar-refractivity contribution in [3.05, 3.63) is 29.5 Å². The first-order valence-corrected chi connectivity index (χ1v) is 5.90. The van der Waals surface area contributed by atoms with Crippen LogP contribution in [0.2, 0.25) is 0 Å². The fraction of sp³-hybridized carbons (Fsp3) is 0.333. The summed E-state index contributed by atoms with van der Waals surface area (Å²) >= 11 is 0. The molecule has 2 rings (SSSR count). The number of rotatable bonds is 5. The first kappa shape index (κ1) is 13.3. The number of hydrogen-bond acceptors (Lipinski definition) is 4. The third-order valence-electron chi connectivity index (χ3n) is 2.32. The Morgan fingerprint density at radius 2 is 2.11 bits per heavy atom. The van der Waals surface area contributed by atoms with Crippen molar-refractivity contribution in [3.8, 4) is 11.8 Å². The van der Waals surface area contributed by atoms with Gasteiger partial charge in [0.15, 0.2) is 17.5 Å². The molecule has 0 amide bonds. The lowest BCUT2D eigenvalue weighted by Gasteiger charge is -2.08. The van der Waals surface area contributed by atoms with Crippen LogP contribution >= 0.6 is 0 Å². The van der Waals surface area contributed by atoms with Crippen molar-refractivity contribution in [1.82, 2.24) is 15.2 Å². The van der Waals surface area contributed by atoms with Crippen LogP contribution in [0.25, 0.3) is 0 Å². The third kappa shape index (κ3) is 3.18. The lowest BCUT2D eigenvalue weighted by molar-refractivity contribution is 0.404. The van der Waals surface area contributed by atoms with Gasteiger partial charge >= 0.3 is 0 Å². The van der Waals surface area contributed by atoms with Gasteiger partial charge in [0, 0.05) is 24.4 Å². The molecule has 0 aliphatic heterocycles. The van der Waals surface area contributed by atoms with Gasteiger partial charge in [0.25, 0.3) is 5.88 Å². The third-order valence-corrected chi connectivity index (χ3v) is 2.32. The van der Waals surface area contributed by atoms with E-state index >= 15 is 0 Å². The minimum Gasteiger partial charge on any atom is -0.416 e. The van der Waals surface area contributed by atoms with Crippen molar-refractivity contribution in [3.63, 3.8) is 0 Å². The fourth-order valence-corrected chi connectivity index (χ4v) is 1.43. The maximum atomic E-state index is 13.6. The number of aromatic nitrogens is 3. The van der Waals surface area contributed by atoms with E-state index in [1.165, 1.54) is 0 Å². The molecule has 7 heteroatoms. The van der Waals surface area contributed by atoms with Gasteiger partial charge < -0.3 is 10.1 Å². The number of hydrogen-bond donors (Lipinski definition) is 2. The Bertz CT molecular complexity index is 571. The molecule has 0 aliphatic carbocycles. The average molecular weight is 268 g/mol. The highest BCUT2D eigenvalue weighted by atomic mass is 19.1. The molecule has 0 aromatic carbocycles. The number of nitrogens with zero attached hydrogens (tertiary/aromatic N) is 2. The fourth-order valence-electron chi connectivity index (χ4n) is 1.43. The number of aromatic amines is 1. The zero-order valence-electron chi connectivity index (χ0n) is 10.6. The summed E-state index contributed by atoms with van der Waals surface area (Å²) < 4.78 is 32.2. The molecule has 0 fully saturated rings. The lowest BCUT2D eigenvalue weighted by atomic mass is 10.4. The highest BCUT2D eigenvalue weighted by Crippen LogP contribution is 2.25. The van der Waals surface area contributed by atoms with Gasteiger partial charge in [-0.1, -0.05) is 6.92 Å². The molecule has 2 aromatic heterocycles. The highest BCUT2D eigenvalue weighted by Gasteiger charge is 2.14. The second-order valence-electron chi connectivity index (χ2n) is 4.02. The first-order valence-electron chi connectivity index (χ1n) is 5.90. The van der Waals surface area contributed by atoms with Crippen LogP contribution in [0, 0.1) is 18.6 Å². The molecular formula is C12H14F2N4O. The van der Waals surface area contributed by atoms with E-state index in [0.29, 0.717) is 6.54 Å². The Labute approximate surface area is 109 Å². The number of pyridine rings is 1. The van der Waals surface area contributed by atoms with Crippen molar-refractivity contribution < 1.29 is 13.5 Å². The van der Waals surface area contributed by atoms with Gasteiger partial charge in [-0.2, -0.15) is 4.98 Å². The normalized spacial score (nSPS) is 10.5. The van der Waals surface area contributed by atoms with E-state index in [9.17, 15) is 8.78 Å². The quantitative estimate of drug-likeness (QED) is 0.875. The molecule has 0 bridgehead atoms. The molecular weight excluding hydrogens is 254 g/mol. The largest absolute Gasteiger partial charge is 0.416 e. The Kier molecular flexibility index (Phi) is 3.94. The maximum Gasteiger partial charge on any atom is 0.259 e. The summed E-state index contributed by atoms with van der Waals surface area (Å²) in [5, 5.41) is 9.21. The molecule has 2 N–H and O–H groups in total. The van der Waals surface area contributed by atoms with Gasteiger partial charge in [0.1, 0.15) is 0 Å². The van der Waals surface area contributed by atoms with E-state index in [4.69, 9.17) is 4.74 Å². The van der Waals surface area contributed by atoms with Crippen LogP contribution in [0.15, 0.2) is 12.1 Å². The molecule has 0 aliphatic rings. The Morgan fingerprint density at radius 1 is 1.32 bits per heavy atom. The summed E-state index contributed by atoms with van der Waals surface area (Å²) in [5.41, 5.74) is 0.766. The van der Waals surface area contributed by atoms with E-state index in [1.807, 2.05) is 6.92 Å². The second kappa shape index (κ2) is 5.64. The molecule has 0 atom stereocenters. The number of halogens is 2. The van der Waals surface area contributed by atoms with E-state index < -0.39 is 11.6 Å². The van der Waals surface area contributed by atoms with Crippen molar-refractivity contribution in [2.45, 2.75) is 20.3 Å². The van der Waals surface area contributed by atoms with Crippen molar-refractivity contribution in [2.75, 3.05) is 11.9 Å². The predicted molar refractivity (Wildman–Crippen MR) is 66.3 cm³/mol. The number of nitrogens with one attached hydrogen (secondary N) is 2. The number of H-pyrrole nitrogens is 1. The van der Waals surface area contributed by atoms with E-state index in [2.05, 4.69) is 20.5 Å². The van der Waals surface area contributed by atoms with Gasteiger partial charge in [-0.05, 0) is 13.3 Å². The van der Waals surface area contributed by atoms with Crippen LogP contribution in [0.5, 0.6) is 11.8 Å². The van der Waals surface area contributed by atoms with Crippen LogP contribution in [0.3, 0.4) is 0 Å². The Morgan fingerprint density at radius 3 is 2.74 bits per heavy atom. The maximum absolute atomic E-state index is 13.6. The standard InChI is InChI=1S/C12H14F2N4O/c1-3-4-15-11-8(13)6-9(14)12(16-11)19-10-5-7(2)17-18-10/h5-6H,3-4H2,1-2H3,(H,15,16)(H,17,18). The molecule has 0 spiro atoms. The number of ether oxygens (including phenoxy) is 1. The molecule has 2 heterocycles. The van der Waals surface area contributed by atoms with Crippen molar-refractivity contribution in [2.24, 2.45) is 0 Å². The summed E-state index contributed by atoms with van der Waals surface area (Å²) in [6, 6.07) is 2.32. The summed E-state index contributed by atoms with van der Waals surface area (Å²) in [6.45, 7) is 4.25. The molecule has 0 saturated carbocycles. The van der Waals surface area contributed by atoms with Gasteiger partial charge in [-0.3, -0.25) is 5.10 Å². The molecule has 0 radical (unpaired) electrons. The van der Waals surface area contributed by atoms with Crippen LogP contribution in [-0.4, -0.2) is 21.7 Å². The topological polar surface area (TPSA) is 62.8 Å². The minimum atomic E-state index is -0.875. The highest BCUT2D eigenvalue weighted by molar-refractivity contribution is 5.40. The summed E-state index contributed by atoms with van der Waals surface area (Å²) in [6.07, 6.45) is 0.799. The minimum absolute atomic E-state index is 0.0366. The van der Waals surface area contributed by atoms with Crippen LogP contribution in [0.1, 0.15) is 19.0 Å². The van der Waals surface area contributed by atoms with Gasteiger partial charge in [0.2, 0.25) is 5.88 Å². The molecule has 5 nitrogen and oxygen atoms in total. The molecule has 19 heavy (non-hydrogen) atoms. The first-order chi connectivity index (χ1) is 9.10. The van der Waals surface area contributed by atoms with Crippen LogP contribution in [-0.2, 0) is 0 Å². The Balaban J connectivity index is 2.24. The predicted octanol–water partition coefficient (Wildman–Crippen LogP) is 3.01. The van der Waals surface area contributed by atoms with E-state index in [0.717, 1.165) is 18.2 Å². The van der Waals surface area contributed by atoms with Crippen LogP contribution < -0.4 is 10.1 Å². The lowest BCUT2D eigenvalue weighted by Crippen LogP contribution is -2.06. The van der Waals surface area contributed by atoms with Crippen molar-refractivity contribution in [1.29, 1.82) is 0 Å². The summed E-state index contributed by atoms with van der Waals surface area (Å²) in [7, 11) is 0. The van der Waals surface area contributed by atoms with Gasteiger partial charge in [-0.15, -0.1) is 5.10 Å². The molecule has 0 unspecified atom stereocenters. The van der Waals surface area contributed by atoms with Gasteiger partial charge in [-0.25, -0.2) is 8.78 Å². The van der Waals surface area contributed by atoms with Gasteiger partial charge in [0.05, 0.1) is 0 Å². The summed E-state index contributed by atoms with van der Waals surface area (Å²) in [4.78, 5) is 3.78. The monoisotopic (exact) mass is 268 g/mol. The van der Waals surface area contributed by atoms with Crippen molar-refractivity contribution >= 4 is 5.82 Å². The average Bonchev–Trinajstić information content (AvgIpc) is 2.77. The number of aryl methyl sites for hydroxylation is 1. The molecule has 2 aromatic rings. The second-order valence-corrected chi connectivity index (χ2v) is 4.02. The van der Waals surface area contributed by atoms with E-state index in [-0.39, 0.29) is 17.6 Å².